The van der Waals surface area contributed by atoms with E-state index in [2.05, 4.69) is 10.2 Å². The highest BCUT2D eigenvalue weighted by Gasteiger charge is 2.29. The van der Waals surface area contributed by atoms with Gasteiger partial charge in [0, 0.05) is 23.5 Å². The molecule has 0 spiro atoms. The Balaban J connectivity index is 1.59. The van der Waals surface area contributed by atoms with Gasteiger partial charge in [-0.15, -0.1) is 0 Å². The van der Waals surface area contributed by atoms with E-state index in [4.69, 9.17) is 0 Å². The molecule has 7 heteroatoms. The van der Waals surface area contributed by atoms with Gasteiger partial charge in [0.05, 0.1) is 35.6 Å². The second-order valence-electron chi connectivity index (χ2n) is 5.78. The molecule has 1 saturated heterocycles. The molecule has 0 aliphatic carbocycles. The number of hydrogen-bond donors (Lipinski definition) is 0. The highest BCUT2D eigenvalue weighted by atomic mass is 32.2. The van der Waals surface area contributed by atoms with Gasteiger partial charge in [0.25, 0.3) is 0 Å². The van der Waals surface area contributed by atoms with E-state index in [0.717, 1.165) is 16.8 Å². The van der Waals surface area contributed by atoms with E-state index < -0.39 is 9.84 Å². The number of sulfone groups is 1. The number of aromatic nitrogens is 4. The van der Waals surface area contributed by atoms with Crippen LogP contribution in [0.5, 0.6) is 0 Å². The molecule has 0 radical (unpaired) electrons. The average Bonchev–Trinajstić information content (AvgIpc) is 3.25. The van der Waals surface area contributed by atoms with Crippen molar-refractivity contribution in [2.24, 2.45) is 0 Å². The van der Waals surface area contributed by atoms with Crippen LogP contribution in [0.25, 0.3) is 16.8 Å². The van der Waals surface area contributed by atoms with Gasteiger partial charge in [0.1, 0.15) is 0 Å². The first kappa shape index (κ1) is 14.2. The van der Waals surface area contributed by atoms with Gasteiger partial charge < -0.3 is 0 Å². The smallest absolute Gasteiger partial charge is 0.152 e. The van der Waals surface area contributed by atoms with Gasteiger partial charge in [-0.25, -0.2) is 13.1 Å². The molecule has 0 unspecified atom stereocenters. The molecule has 0 N–H and O–H groups in total. The summed E-state index contributed by atoms with van der Waals surface area (Å²) in [5, 5.41) is 8.71. The highest BCUT2D eigenvalue weighted by Crippen LogP contribution is 2.26. The van der Waals surface area contributed by atoms with Crippen molar-refractivity contribution >= 4 is 9.84 Å². The summed E-state index contributed by atoms with van der Waals surface area (Å²) in [5.74, 6) is 0.427. The molecule has 1 aliphatic heterocycles. The molecule has 0 amide bonds. The predicted molar refractivity (Wildman–Crippen MR) is 87.1 cm³/mol. The van der Waals surface area contributed by atoms with Crippen molar-refractivity contribution < 1.29 is 8.42 Å². The van der Waals surface area contributed by atoms with E-state index in [1.54, 1.807) is 17.1 Å². The number of benzene rings is 1. The molecule has 2 aromatic heterocycles. The van der Waals surface area contributed by atoms with Gasteiger partial charge in [0.15, 0.2) is 9.84 Å². The zero-order valence-corrected chi connectivity index (χ0v) is 13.2. The predicted octanol–water partition coefficient (Wildman–Crippen LogP) is 2.10. The van der Waals surface area contributed by atoms with Gasteiger partial charge in [0.2, 0.25) is 0 Å². The summed E-state index contributed by atoms with van der Waals surface area (Å²) >= 11 is 0. The summed E-state index contributed by atoms with van der Waals surface area (Å²) in [6, 6.07) is 9.82. The Morgan fingerprint density at radius 2 is 1.74 bits per heavy atom. The van der Waals surface area contributed by atoms with Crippen molar-refractivity contribution in [3.05, 3.63) is 55.1 Å². The second-order valence-corrected chi connectivity index (χ2v) is 8.00. The monoisotopic (exact) mass is 328 g/mol. The van der Waals surface area contributed by atoms with E-state index in [1.165, 1.54) is 0 Å². The molecular formula is C16H16N4O2S. The maximum Gasteiger partial charge on any atom is 0.152 e. The second kappa shape index (κ2) is 5.34. The van der Waals surface area contributed by atoms with Crippen LogP contribution in [-0.4, -0.2) is 39.5 Å². The minimum absolute atomic E-state index is 0.0575. The van der Waals surface area contributed by atoms with Crippen LogP contribution in [0.2, 0.25) is 0 Å². The van der Waals surface area contributed by atoms with Crippen LogP contribution in [0.1, 0.15) is 12.5 Å². The number of hydrogen-bond acceptors (Lipinski definition) is 4. The Labute approximate surface area is 134 Å². The molecule has 3 aromatic rings. The Bertz CT molecular complexity index is 928. The summed E-state index contributed by atoms with van der Waals surface area (Å²) in [6.45, 7) is 0. The van der Waals surface area contributed by atoms with Crippen molar-refractivity contribution in [1.29, 1.82) is 0 Å². The Morgan fingerprint density at radius 1 is 1.00 bits per heavy atom. The lowest BCUT2D eigenvalue weighted by molar-refractivity contribution is 0.500. The standard InChI is InChI=1S/C16H16N4O2S/c21-23(22)7-6-16(12-23)20-11-14(9-18-20)13-8-17-19(10-13)15-4-2-1-3-5-15/h1-5,8-11,16H,6-7,12H2/t16-/m1/s1. The molecule has 23 heavy (non-hydrogen) atoms. The third-order valence-electron chi connectivity index (χ3n) is 4.12. The molecule has 0 bridgehead atoms. The summed E-state index contributed by atoms with van der Waals surface area (Å²) in [5.41, 5.74) is 2.89. The Morgan fingerprint density at radius 3 is 2.48 bits per heavy atom. The van der Waals surface area contributed by atoms with Crippen LogP contribution in [-0.2, 0) is 9.84 Å². The zero-order valence-electron chi connectivity index (χ0n) is 12.4. The molecule has 1 atom stereocenters. The maximum atomic E-state index is 11.6. The van der Waals surface area contributed by atoms with Crippen molar-refractivity contribution in [1.82, 2.24) is 19.6 Å². The molecule has 0 saturated carbocycles. The zero-order chi connectivity index (χ0) is 15.9. The van der Waals surface area contributed by atoms with Crippen LogP contribution in [0.15, 0.2) is 55.1 Å². The molecule has 1 aromatic carbocycles. The van der Waals surface area contributed by atoms with Crippen LogP contribution >= 0.6 is 0 Å². The summed E-state index contributed by atoms with van der Waals surface area (Å²) < 4.78 is 26.8. The molecule has 1 aliphatic rings. The fourth-order valence-corrected chi connectivity index (χ4v) is 4.57. The molecule has 4 rings (SSSR count). The summed E-state index contributed by atoms with van der Waals surface area (Å²) in [6.07, 6.45) is 8.03. The van der Waals surface area contributed by atoms with Crippen LogP contribution in [0, 0.1) is 0 Å². The summed E-state index contributed by atoms with van der Waals surface area (Å²) in [7, 11) is -2.91. The molecule has 118 valence electrons. The lowest BCUT2D eigenvalue weighted by atomic mass is 10.2. The normalized spacial score (nSPS) is 19.9. The molecular weight excluding hydrogens is 312 g/mol. The van der Waals surface area contributed by atoms with Gasteiger partial charge in [-0.2, -0.15) is 10.2 Å². The average molecular weight is 328 g/mol. The molecule has 1 fully saturated rings. The Hall–Kier alpha value is -2.41. The van der Waals surface area contributed by atoms with Crippen LogP contribution in [0.3, 0.4) is 0 Å². The quantitative estimate of drug-likeness (QED) is 0.738. The fraction of sp³-hybridized carbons (Fsp3) is 0.250. The lowest BCUT2D eigenvalue weighted by Gasteiger charge is -2.06. The largest absolute Gasteiger partial charge is 0.268 e. The molecule has 6 nitrogen and oxygen atoms in total. The SMILES string of the molecule is O=S1(=O)CC[C@@H](n2cc(-c3cnn(-c4ccccc4)c3)cn2)C1. The van der Waals surface area contributed by atoms with Crippen molar-refractivity contribution in [2.45, 2.75) is 12.5 Å². The molecule has 3 heterocycles. The van der Waals surface area contributed by atoms with E-state index in [0.29, 0.717) is 6.42 Å². The van der Waals surface area contributed by atoms with Crippen molar-refractivity contribution in [3.8, 4) is 16.8 Å². The van der Waals surface area contributed by atoms with Gasteiger partial charge in [-0.1, -0.05) is 18.2 Å². The number of rotatable bonds is 3. The van der Waals surface area contributed by atoms with E-state index in [9.17, 15) is 8.42 Å². The maximum absolute atomic E-state index is 11.6. The topological polar surface area (TPSA) is 69.8 Å². The number of para-hydroxylation sites is 1. The van der Waals surface area contributed by atoms with Gasteiger partial charge in [-0.3, -0.25) is 4.68 Å². The first-order valence-electron chi connectivity index (χ1n) is 7.46. The van der Waals surface area contributed by atoms with Gasteiger partial charge >= 0.3 is 0 Å². The minimum Gasteiger partial charge on any atom is -0.268 e. The van der Waals surface area contributed by atoms with Crippen molar-refractivity contribution in [3.63, 3.8) is 0 Å². The summed E-state index contributed by atoms with van der Waals surface area (Å²) in [4.78, 5) is 0. The first-order valence-corrected chi connectivity index (χ1v) is 9.28. The van der Waals surface area contributed by atoms with E-state index in [-0.39, 0.29) is 17.5 Å². The third-order valence-corrected chi connectivity index (χ3v) is 5.87. The van der Waals surface area contributed by atoms with Gasteiger partial charge in [-0.05, 0) is 18.6 Å². The van der Waals surface area contributed by atoms with Crippen LogP contribution < -0.4 is 0 Å². The van der Waals surface area contributed by atoms with E-state index >= 15 is 0 Å². The van der Waals surface area contributed by atoms with Crippen molar-refractivity contribution in [2.75, 3.05) is 11.5 Å². The first-order chi connectivity index (χ1) is 11.1. The minimum atomic E-state index is -2.91. The lowest BCUT2D eigenvalue weighted by Crippen LogP contribution is -2.11. The van der Waals surface area contributed by atoms with Crippen LogP contribution in [0.4, 0.5) is 0 Å². The van der Waals surface area contributed by atoms with E-state index in [1.807, 2.05) is 47.4 Å². The Kier molecular flexibility index (Phi) is 3.30. The number of nitrogens with zero attached hydrogens (tertiary/aromatic N) is 4. The highest BCUT2D eigenvalue weighted by molar-refractivity contribution is 7.91. The fourth-order valence-electron chi connectivity index (χ4n) is 2.86. The third kappa shape index (κ3) is 2.79.